The number of nitrogens with one attached hydrogen (secondary N) is 1. The Kier molecular flexibility index (Phi) is 5.84. The van der Waals surface area contributed by atoms with Crippen molar-refractivity contribution in [3.05, 3.63) is 66.0 Å². The Morgan fingerprint density at radius 1 is 1.04 bits per heavy atom. The number of hydrogen-bond donors (Lipinski definition) is 1. The van der Waals surface area contributed by atoms with Crippen LogP contribution in [0, 0.1) is 5.82 Å². The maximum absolute atomic E-state index is 13.0. The minimum atomic E-state index is -0.341. The summed E-state index contributed by atoms with van der Waals surface area (Å²) in [7, 11) is 0. The Balaban J connectivity index is 1.42. The summed E-state index contributed by atoms with van der Waals surface area (Å²) in [4.78, 5) is 27.6. The third kappa shape index (κ3) is 4.59. The van der Waals surface area contributed by atoms with Gasteiger partial charge >= 0.3 is 6.03 Å². The van der Waals surface area contributed by atoms with Crippen LogP contribution in [0.5, 0.6) is 0 Å². The molecular weight excluding hydrogens is 333 g/mol. The molecule has 0 bridgehead atoms. The van der Waals surface area contributed by atoms with E-state index in [1.165, 1.54) is 22.6 Å². The molecule has 0 saturated carbocycles. The van der Waals surface area contributed by atoms with Gasteiger partial charge in [0.25, 0.3) is 0 Å². The minimum absolute atomic E-state index is 0.0435. The van der Waals surface area contributed by atoms with Gasteiger partial charge in [0, 0.05) is 25.3 Å². The van der Waals surface area contributed by atoms with Gasteiger partial charge in [0.05, 0.1) is 0 Å². The van der Waals surface area contributed by atoms with E-state index >= 15 is 0 Å². The van der Waals surface area contributed by atoms with Crippen LogP contribution in [-0.2, 0) is 11.2 Å². The Bertz CT molecular complexity index is 749. The van der Waals surface area contributed by atoms with E-state index in [0.717, 1.165) is 12.8 Å². The van der Waals surface area contributed by atoms with Gasteiger partial charge in [-0.15, -0.1) is 0 Å². The number of urea groups is 1. The SMILES string of the molecule is O=C(CN1CCN(c2ccc(F)cc2)C1=O)NCCCc1ccccc1. The highest BCUT2D eigenvalue weighted by atomic mass is 19.1. The zero-order valence-corrected chi connectivity index (χ0v) is 14.5. The standard InChI is InChI=1S/C20H22FN3O2/c21-17-8-10-18(11-9-17)24-14-13-23(20(24)26)15-19(25)22-12-4-7-16-5-2-1-3-6-16/h1-3,5-6,8-11H,4,7,12-15H2,(H,22,25). The first-order valence-corrected chi connectivity index (χ1v) is 8.76. The zero-order chi connectivity index (χ0) is 18.4. The number of halogens is 1. The molecule has 3 amide bonds. The van der Waals surface area contributed by atoms with Gasteiger partial charge in [0.2, 0.25) is 5.91 Å². The highest BCUT2D eigenvalue weighted by Gasteiger charge is 2.30. The van der Waals surface area contributed by atoms with Crippen molar-refractivity contribution >= 4 is 17.6 Å². The van der Waals surface area contributed by atoms with Crippen molar-refractivity contribution in [2.24, 2.45) is 0 Å². The van der Waals surface area contributed by atoms with Crippen LogP contribution in [0.1, 0.15) is 12.0 Å². The molecule has 0 radical (unpaired) electrons. The molecule has 0 unspecified atom stereocenters. The van der Waals surface area contributed by atoms with E-state index in [4.69, 9.17) is 0 Å². The average molecular weight is 355 g/mol. The van der Waals surface area contributed by atoms with E-state index < -0.39 is 0 Å². The molecule has 0 spiro atoms. The molecule has 1 N–H and O–H groups in total. The number of amides is 3. The minimum Gasteiger partial charge on any atom is -0.355 e. The van der Waals surface area contributed by atoms with Gasteiger partial charge in [-0.1, -0.05) is 30.3 Å². The molecule has 5 nitrogen and oxygen atoms in total. The first kappa shape index (κ1) is 17.9. The van der Waals surface area contributed by atoms with Crippen molar-refractivity contribution in [1.82, 2.24) is 10.2 Å². The quantitative estimate of drug-likeness (QED) is 0.777. The van der Waals surface area contributed by atoms with Crippen molar-refractivity contribution in [1.29, 1.82) is 0 Å². The van der Waals surface area contributed by atoms with Crippen LogP contribution in [0.15, 0.2) is 54.6 Å². The largest absolute Gasteiger partial charge is 0.355 e. The van der Waals surface area contributed by atoms with Gasteiger partial charge < -0.3 is 10.2 Å². The fourth-order valence-electron chi connectivity index (χ4n) is 2.98. The van der Waals surface area contributed by atoms with Crippen molar-refractivity contribution in [2.45, 2.75) is 12.8 Å². The van der Waals surface area contributed by atoms with E-state index in [2.05, 4.69) is 17.4 Å². The fourth-order valence-corrected chi connectivity index (χ4v) is 2.98. The normalized spacial score (nSPS) is 14.0. The number of benzene rings is 2. The van der Waals surface area contributed by atoms with Crippen LogP contribution in [0.2, 0.25) is 0 Å². The third-order valence-electron chi connectivity index (χ3n) is 4.37. The lowest BCUT2D eigenvalue weighted by Gasteiger charge is -2.18. The first-order chi connectivity index (χ1) is 12.6. The molecule has 0 atom stereocenters. The van der Waals surface area contributed by atoms with E-state index in [1.807, 2.05) is 18.2 Å². The summed E-state index contributed by atoms with van der Waals surface area (Å²) in [6.45, 7) is 1.60. The summed E-state index contributed by atoms with van der Waals surface area (Å²) in [5.74, 6) is -0.500. The molecular formula is C20H22FN3O2. The van der Waals surface area contributed by atoms with Gasteiger partial charge in [-0.05, 0) is 42.7 Å². The second-order valence-electron chi connectivity index (χ2n) is 6.27. The summed E-state index contributed by atoms with van der Waals surface area (Å²) >= 11 is 0. The van der Waals surface area contributed by atoms with Gasteiger partial charge in [0.1, 0.15) is 12.4 Å². The maximum Gasteiger partial charge on any atom is 0.325 e. The number of carbonyl (C=O) groups excluding carboxylic acids is 2. The number of anilines is 1. The lowest BCUT2D eigenvalue weighted by Crippen LogP contribution is -2.40. The van der Waals surface area contributed by atoms with Gasteiger partial charge in [-0.25, -0.2) is 9.18 Å². The number of carbonyl (C=O) groups is 2. The van der Waals surface area contributed by atoms with Crippen molar-refractivity contribution in [3.8, 4) is 0 Å². The van der Waals surface area contributed by atoms with Crippen molar-refractivity contribution < 1.29 is 14.0 Å². The van der Waals surface area contributed by atoms with Crippen LogP contribution in [0.25, 0.3) is 0 Å². The van der Waals surface area contributed by atoms with Crippen LogP contribution >= 0.6 is 0 Å². The second-order valence-corrected chi connectivity index (χ2v) is 6.27. The highest BCUT2D eigenvalue weighted by molar-refractivity contribution is 5.96. The van der Waals surface area contributed by atoms with Crippen LogP contribution in [0.3, 0.4) is 0 Å². The predicted octanol–water partition coefficient (Wildman–Crippen LogP) is 2.82. The number of hydrogen-bond acceptors (Lipinski definition) is 2. The molecule has 1 fully saturated rings. The lowest BCUT2D eigenvalue weighted by molar-refractivity contribution is -0.121. The third-order valence-corrected chi connectivity index (χ3v) is 4.37. The Morgan fingerprint density at radius 3 is 2.50 bits per heavy atom. The van der Waals surface area contributed by atoms with Crippen LogP contribution in [-0.4, -0.2) is 43.0 Å². The Morgan fingerprint density at radius 2 is 1.77 bits per heavy atom. The van der Waals surface area contributed by atoms with E-state index in [0.29, 0.717) is 25.3 Å². The van der Waals surface area contributed by atoms with E-state index in [-0.39, 0.29) is 24.3 Å². The zero-order valence-electron chi connectivity index (χ0n) is 14.5. The molecule has 1 aliphatic heterocycles. The summed E-state index contributed by atoms with van der Waals surface area (Å²) in [6, 6.07) is 15.7. The molecule has 1 heterocycles. The lowest BCUT2D eigenvalue weighted by atomic mass is 10.1. The molecule has 136 valence electrons. The number of rotatable bonds is 7. The predicted molar refractivity (Wildman–Crippen MR) is 98.5 cm³/mol. The monoisotopic (exact) mass is 355 g/mol. The maximum atomic E-state index is 13.0. The summed E-state index contributed by atoms with van der Waals surface area (Å²) in [5, 5.41) is 2.86. The molecule has 2 aromatic carbocycles. The highest BCUT2D eigenvalue weighted by Crippen LogP contribution is 2.20. The smallest absolute Gasteiger partial charge is 0.325 e. The van der Waals surface area contributed by atoms with Gasteiger partial charge in [-0.2, -0.15) is 0 Å². The van der Waals surface area contributed by atoms with Crippen molar-refractivity contribution in [3.63, 3.8) is 0 Å². The molecule has 6 heteroatoms. The average Bonchev–Trinajstić information content (AvgIpc) is 3.01. The summed E-state index contributed by atoms with van der Waals surface area (Å²) < 4.78 is 13.0. The molecule has 3 rings (SSSR count). The molecule has 26 heavy (non-hydrogen) atoms. The van der Waals surface area contributed by atoms with E-state index in [9.17, 15) is 14.0 Å². The Hall–Kier alpha value is -2.89. The fraction of sp³-hybridized carbons (Fsp3) is 0.300. The number of nitrogens with zero attached hydrogens (tertiary/aromatic N) is 2. The first-order valence-electron chi connectivity index (χ1n) is 8.76. The number of aryl methyl sites for hydroxylation is 1. The van der Waals surface area contributed by atoms with E-state index in [1.54, 1.807) is 17.0 Å². The topological polar surface area (TPSA) is 52.7 Å². The van der Waals surface area contributed by atoms with Gasteiger partial charge in [-0.3, -0.25) is 9.69 Å². The summed E-state index contributed by atoms with van der Waals surface area (Å²) in [6.07, 6.45) is 1.76. The molecule has 1 aliphatic rings. The Labute approximate surface area is 152 Å². The molecule has 0 aliphatic carbocycles. The summed E-state index contributed by atoms with van der Waals surface area (Å²) in [5.41, 5.74) is 1.88. The molecule has 2 aromatic rings. The van der Waals surface area contributed by atoms with Gasteiger partial charge in [0.15, 0.2) is 0 Å². The van der Waals surface area contributed by atoms with Crippen LogP contribution < -0.4 is 10.2 Å². The van der Waals surface area contributed by atoms with Crippen LogP contribution in [0.4, 0.5) is 14.9 Å². The molecule has 1 saturated heterocycles. The second kappa shape index (κ2) is 8.47. The van der Waals surface area contributed by atoms with Crippen molar-refractivity contribution in [2.75, 3.05) is 31.1 Å². The molecule has 0 aromatic heterocycles.